The molecular formula is C23H22N4O2. The van der Waals surface area contributed by atoms with Gasteiger partial charge < -0.3 is 21.9 Å². The zero-order valence-corrected chi connectivity index (χ0v) is 16.1. The number of aromatic nitrogens is 1. The highest BCUT2D eigenvalue weighted by Gasteiger charge is 2.21. The molecule has 0 aliphatic heterocycles. The van der Waals surface area contributed by atoms with E-state index in [1.54, 1.807) is 13.2 Å². The fraction of sp³-hybridized carbons (Fsp3) is 0.130. The number of ether oxygens (including phenoxy) is 1. The van der Waals surface area contributed by atoms with Crippen molar-refractivity contribution in [1.82, 2.24) is 4.98 Å². The fourth-order valence-corrected chi connectivity index (χ4v) is 3.75. The van der Waals surface area contributed by atoms with Crippen molar-refractivity contribution in [3.63, 3.8) is 0 Å². The van der Waals surface area contributed by atoms with Gasteiger partial charge in [0.2, 0.25) is 0 Å². The summed E-state index contributed by atoms with van der Waals surface area (Å²) >= 11 is 0. The third kappa shape index (κ3) is 3.03. The Kier molecular flexibility index (Phi) is 4.78. The molecule has 0 saturated heterocycles. The summed E-state index contributed by atoms with van der Waals surface area (Å²) in [5, 5.41) is 1.66. The molecule has 1 aromatic heterocycles. The van der Waals surface area contributed by atoms with Crippen LogP contribution in [-0.2, 0) is 0 Å². The molecule has 6 heteroatoms. The van der Waals surface area contributed by atoms with Gasteiger partial charge in [-0.15, -0.1) is 0 Å². The van der Waals surface area contributed by atoms with Crippen LogP contribution in [0.5, 0.6) is 5.75 Å². The number of Topliss-reactive ketones (excluding diaryl/α,β-unsaturated/α-hetero) is 1. The van der Waals surface area contributed by atoms with Crippen LogP contribution in [0, 0.1) is 0 Å². The minimum atomic E-state index is -0.0289. The van der Waals surface area contributed by atoms with Gasteiger partial charge in [-0.25, -0.2) is 4.98 Å². The van der Waals surface area contributed by atoms with Crippen LogP contribution in [0.25, 0.3) is 32.9 Å². The van der Waals surface area contributed by atoms with E-state index in [1.165, 1.54) is 0 Å². The summed E-state index contributed by atoms with van der Waals surface area (Å²) in [6, 6.07) is 17.0. The number of anilines is 2. The Balaban J connectivity index is 2.22. The zero-order valence-electron chi connectivity index (χ0n) is 16.1. The SMILES string of the molecule is COc1c(-c2c3ccccc3nc3cccc(C(=O)CCN)c23)ccc(N)c1N. The Morgan fingerprint density at radius 1 is 1.00 bits per heavy atom. The quantitative estimate of drug-likeness (QED) is 0.273. The predicted molar refractivity (Wildman–Crippen MR) is 118 cm³/mol. The third-order valence-corrected chi connectivity index (χ3v) is 5.08. The monoisotopic (exact) mass is 386 g/mol. The Labute approximate surface area is 168 Å². The summed E-state index contributed by atoms with van der Waals surface area (Å²) in [7, 11) is 1.56. The average molecular weight is 386 g/mol. The lowest BCUT2D eigenvalue weighted by molar-refractivity contribution is 0.0987. The normalized spacial score (nSPS) is 11.1. The maximum Gasteiger partial charge on any atom is 0.164 e. The molecule has 0 fully saturated rings. The van der Waals surface area contributed by atoms with Crippen molar-refractivity contribution in [1.29, 1.82) is 0 Å². The highest BCUT2D eigenvalue weighted by atomic mass is 16.5. The number of nitrogens with zero attached hydrogens (tertiary/aromatic N) is 1. The number of ketones is 1. The van der Waals surface area contributed by atoms with Crippen molar-refractivity contribution < 1.29 is 9.53 Å². The summed E-state index contributed by atoms with van der Waals surface area (Å²) in [6.07, 6.45) is 0.256. The van der Waals surface area contributed by atoms with Gasteiger partial charge in [0.1, 0.15) is 0 Å². The number of rotatable bonds is 5. The van der Waals surface area contributed by atoms with Crippen LogP contribution in [0.15, 0.2) is 54.6 Å². The van der Waals surface area contributed by atoms with Crippen LogP contribution < -0.4 is 21.9 Å². The number of benzene rings is 3. The van der Waals surface area contributed by atoms with Crippen LogP contribution in [0.4, 0.5) is 11.4 Å². The van der Waals surface area contributed by atoms with Crippen molar-refractivity contribution in [2.24, 2.45) is 5.73 Å². The van der Waals surface area contributed by atoms with E-state index in [0.717, 1.165) is 32.9 Å². The summed E-state index contributed by atoms with van der Waals surface area (Å²) in [4.78, 5) is 17.7. The molecule has 0 atom stereocenters. The van der Waals surface area contributed by atoms with E-state index in [2.05, 4.69) is 0 Å². The summed E-state index contributed by atoms with van der Waals surface area (Å²) in [5.41, 5.74) is 22.4. The summed E-state index contributed by atoms with van der Waals surface area (Å²) in [6.45, 7) is 0.281. The van der Waals surface area contributed by atoms with E-state index in [0.29, 0.717) is 22.7 Å². The largest absolute Gasteiger partial charge is 0.494 e. The van der Waals surface area contributed by atoms with Crippen molar-refractivity contribution in [2.75, 3.05) is 25.1 Å². The fourth-order valence-electron chi connectivity index (χ4n) is 3.75. The van der Waals surface area contributed by atoms with Gasteiger partial charge in [0.05, 0.1) is 29.5 Å². The molecule has 0 unspecified atom stereocenters. The van der Waals surface area contributed by atoms with Gasteiger partial charge in [-0.1, -0.05) is 30.3 Å². The van der Waals surface area contributed by atoms with E-state index in [9.17, 15) is 4.79 Å². The van der Waals surface area contributed by atoms with Crippen LogP contribution in [0.1, 0.15) is 16.8 Å². The average Bonchev–Trinajstić information content (AvgIpc) is 2.73. The van der Waals surface area contributed by atoms with Crippen molar-refractivity contribution in [2.45, 2.75) is 6.42 Å². The number of nitrogens with two attached hydrogens (primary N) is 3. The maximum absolute atomic E-state index is 12.9. The highest BCUT2D eigenvalue weighted by molar-refractivity contribution is 6.19. The van der Waals surface area contributed by atoms with Gasteiger partial charge in [-0.05, 0) is 30.8 Å². The number of methoxy groups -OCH3 is 1. The Bertz CT molecular complexity index is 1250. The van der Waals surface area contributed by atoms with Gasteiger partial charge in [0.25, 0.3) is 0 Å². The number of carbonyl (C=O) groups is 1. The van der Waals surface area contributed by atoms with Crippen molar-refractivity contribution in [3.05, 3.63) is 60.2 Å². The second-order valence-corrected chi connectivity index (χ2v) is 6.81. The molecule has 0 radical (unpaired) electrons. The second kappa shape index (κ2) is 7.41. The number of nitrogen functional groups attached to an aromatic ring is 2. The first-order chi connectivity index (χ1) is 14.1. The molecule has 4 aromatic rings. The first-order valence-electron chi connectivity index (χ1n) is 9.33. The lowest BCUT2D eigenvalue weighted by Gasteiger charge is -2.18. The second-order valence-electron chi connectivity index (χ2n) is 6.81. The van der Waals surface area contributed by atoms with Crippen LogP contribution in [0.2, 0.25) is 0 Å². The molecular weight excluding hydrogens is 364 g/mol. The van der Waals surface area contributed by atoms with Gasteiger partial charge in [-0.2, -0.15) is 0 Å². The minimum Gasteiger partial charge on any atom is -0.494 e. The zero-order chi connectivity index (χ0) is 20.5. The topological polar surface area (TPSA) is 117 Å². The molecule has 3 aromatic carbocycles. The van der Waals surface area contributed by atoms with Gasteiger partial charge in [-0.3, -0.25) is 4.79 Å². The van der Waals surface area contributed by atoms with Crippen LogP contribution in [0.3, 0.4) is 0 Å². The van der Waals surface area contributed by atoms with Crippen molar-refractivity contribution in [3.8, 4) is 16.9 Å². The van der Waals surface area contributed by atoms with E-state index >= 15 is 0 Å². The highest BCUT2D eigenvalue weighted by Crippen LogP contribution is 2.44. The lowest BCUT2D eigenvalue weighted by Crippen LogP contribution is -2.09. The first kappa shape index (κ1) is 18.7. The summed E-state index contributed by atoms with van der Waals surface area (Å²) < 4.78 is 5.63. The van der Waals surface area contributed by atoms with Gasteiger partial charge >= 0.3 is 0 Å². The van der Waals surface area contributed by atoms with E-state index in [-0.39, 0.29) is 18.7 Å². The standard InChI is InChI=1S/C23H22N4O2/c1-29-23-15(9-10-16(25)22(23)26)20-13-5-2-3-7-17(13)27-18-8-4-6-14(21(18)20)19(28)11-12-24/h2-10H,11-12,24-26H2,1H3. The molecule has 29 heavy (non-hydrogen) atoms. The molecule has 146 valence electrons. The Morgan fingerprint density at radius 2 is 1.76 bits per heavy atom. The third-order valence-electron chi connectivity index (χ3n) is 5.08. The molecule has 0 aliphatic carbocycles. The Morgan fingerprint density at radius 3 is 2.52 bits per heavy atom. The molecule has 4 rings (SSSR count). The lowest BCUT2D eigenvalue weighted by atomic mass is 9.90. The molecule has 0 aliphatic rings. The maximum atomic E-state index is 12.9. The summed E-state index contributed by atoms with van der Waals surface area (Å²) in [5.74, 6) is 0.447. The van der Waals surface area contributed by atoms with Gasteiger partial charge in [0.15, 0.2) is 11.5 Å². The number of hydrogen-bond acceptors (Lipinski definition) is 6. The minimum absolute atomic E-state index is 0.0289. The number of hydrogen-bond donors (Lipinski definition) is 3. The van der Waals surface area contributed by atoms with Gasteiger partial charge in [0, 0.05) is 33.9 Å². The number of carbonyl (C=O) groups excluding carboxylic acids is 1. The molecule has 0 amide bonds. The van der Waals surface area contributed by atoms with Crippen LogP contribution in [-0.4, -0.2) is 24.4 Å². The molecule has 0 saturated carbocycles. The number of para-hydroxylation sites is 1. The molecule has 6 nitrogen and oxygen atoms in total. The Hall–Kier alpha value is -3.64. The van der Waals surface area contributed by atoms with E-state index < -0.39 is 0 Å². The molecule has 0 spiro atoms. The number of fused-ring (bicyclic) bond motifs is 2. The van der Waals surface area contributed by atoms with E-state index in [4.69, 9.17) is 26.9 Å². The van der Waals surface area contributed by atoms with Crippen molar-refractivity contribution >= 4 is 39.0 Å². The first-order valence-corrected chi connectivity index (χ1v) is 9.33. The number of pyridine rings is 1. The predicted octanol–water partition coefficient (Wildman–Crippen LogP) is 3.76. The van der Waals surface area contributed by atoms with E-state index in [1.807, 2.05) is 48.5 Å². The molecule has 6 N–H and O–H groups in total. The smallest absolute Gasteiger partial charge is 0.164 e. The molecule has 0 bridgehead atoms. The van der Waals surface area contributed by atoms with Crippen LogP contribution >= 0.6 is 0 Å². The molecule has 1 heterocycles.